The molecular weight excluding hydrogens is 220 g/mol. The van der Waals surface area contributed by atoms with E-state index in [-0.39, 0.29) is 0 Å². The van der Waals surface area contributed by atoms with E-state index in [0.29, 0.717) is 12.1 Å². The highest BCUT2D eigenvalue weighted by Gasteiger charge is 2.24. The van der Waals surface area contributed by atoms with Crippen molar-refractivity contribution in [2.24, 2.45) is 0 Å². The van der Waals surface area contributed by atoms with Crippen molar-refractivity contribution in [2.45, 2.75) is 51.3 Å². The van der Waals surface area contributed by atoms with Crippen molar-refractivity contribution in [3.05, 3.63) is 16.1 Å². The molecule has 1 heterocycles. The molecule has 2 atom stereocenters. The monoisotopic (exact) mass is 240 g/mol. The number of methoxy groups -OCH3 is 1. The molecule has 0 aromatic carbocycles. The summed E-state index contributed by atoms with van der Waals surface area (Å²) in [6, 6.07) is 0.514. The molecule has 1 N–H and O–H groups in total. The van der Waals surface area contributed by atoms with Gasteiger partial charge in [-0.15, -0.1) is 11.3 Å². The van der Waals surface area contributed by atoms with E-state index in [4.69, 9.17) is 4.74 Å². The topological polar surface area (TPSA) is 34.1 Å². The SMILES string of the molecule is COC1CCCCC1NCc1scnc1C. The second-order valence-electron chi connectivity index (χ2n) is 4.41. The van der Waals surface area contributed by atoms with Crippen LogP contribution in [-0.4, -0.2) is 24.2 Å². The molecule has 0 aliphatic heterocycles. The van der Waals surface area contributed by atoms with Crippen LogP contribution in [0.4, 0.5) is 0 Å². The third-order valence-electron chi connectivity index (χ3n) is 3.37. The number of hydrogen-bond donors (Lipinski definition) is 1. The molecule has 0 spiro atoms. The van der Waals surface area contributed by atoms with Gasteiger partial charge in [0.15, 0.2) is 0 Å². The van der Waals surface area contributed by atoms with E-state index >= 15 is 0 Å². The number of aromatic nitrogens is 1. The first-order valence-corrected chi connectivity index (χ1v) is 6.84. The molecule has 1 aliphatic carbocycles. The van der Waals surface area contributed by atoms with E-state index in [1.807, 2.05) is 12.6 Å². The van der Waals surface area contributed by atoms with Crippen molar-refractivity contribution in [1.82, 2.24) is 10.3 Å². The Morgan fingerprint density at radius 2 is 2.31 bits per heavy atom. The third-order valence-corrected chi connectivity index (χ3v) is 4.31. The fourth-order valence-electron chi connectivity index (χ4n) is 2.33. The minimum atomic E-state index is 0.391. The van der Waals surface area contributed by atoms with Gasteiger partial charge in [0.2, 0.25) is 0 Å². The zero-order valence-electron chi connectivity index (χ0n) is 10.0. The lowest BCUT2D eigenvalue weighted by Crippen LogP contribution is -2.42. The van der Waals surface area contributed by atoms with Gasteiger partial charge in [-0.25, -0.2) is 4.98 Å². The smallest absolute Gasteiger partial charge is 0.0798 e. The second kappa shape index (κ2) is 5.75. The summed E-state index contributed by atoms with van der Waals surface area (Å²) in [6.45, 7) is 3.00. The molecule has 0 saturated heterocycles. The Labute approximate surface area is 101 Å². The molecule has 1 aliphatic rings. The zero-order valence-corrected chi connectivity index (χ0v) is 10.8. The average Bonchev–Trinajstić information content (AvgIpc) is 2.72. The van der Waals surface area contributed by atoms with Crippen molar-refractivity contribution in [3.63, 3.8) is 0 Å². The van der Waals surface area contributed by atoms with Gasteiger partial charge in [-0.2, -0.15) is 0 Å². The lowest BCUT2D eigenvalue weighted by molar-refractivity contribution is 0.0413. The number of hydrogen-bond acceptors (Lipinski definition) is 4. The number of nitrogens with one attached hydrogen (secondary N) is 1. The number of nitrogens with zero attached hydrogens (tertiary/aromatic N) is 1. The predicted molar refractivity (Wildman–Crippen MR) is 66.7 cm³/mol. The highest BCUT2D eigenvalue weighted by molar-refractivity contribution is 7.09. The first-order chi connectivity index (χ1) is 7.81. The number of aryl methyl sites for hydroxylation is 1. The van der Waals surface area contributed by atoms with Gasteiger partial charge in [-0.3, -0.25) is 0 Å². The quantitative estimate of drug-likeness (QED) is 0.878. The van der Waals surface area contributed by atoms with E-state index in [0.717, 1.165) is 12.2 Å². The highest BCUT2D eigenvalue weighted by atomic mass is 32.1. The Morgan fingerprint density at radius 3 is 3.00 bits per heavy atom. The molecule has 90 valence electrons. The molecule has 0 bridgehead atoms. The van der Waals surface area contributed by atoms with Crippen LogP contribution in [0, 0.1) is 6.92 Å². The number of ether oxygens (including phenoxy) is 1. The van der Waals surface area contributed by atoms with E-state index in [1.54, 1.807) is 11.3 Å². The van der Waals surface area contributed by atoms with Gasteiger partial charge >= 0.3 is 0 Å². The lowest BCUT2D eigenvalue weighted by Gasteiger charge is -2.31. The van der Waals surface area contributed by atoms with Crippen molar-refractivity contribution < 1.29 is 4.74 Å². The van der Waals surface area contributed by atoms with Gasteiger partial charge in [-0.05, 0) is 19.8 Å². The largest absolute Gasteiger partial charge is 0.380 e. The average molecular weight is 240 g/mol. The summed E-state index contributed by atoms with van der Waals surface area (Å²) in [5.74, 6) is 0. The molecular formula is C12H20N2OS. The summed E-state index contributed by atoms with van der Waals surface area (Å²) in [5, 5.41) is 3.61. The van der Waals surface area contributed by atoms with Crippen LogP contribution >= 0.6 is 11.3 Å². The van der Waals surface area contributed by atoms with E-state index in [2.05, 4.69) is 17.2 Å². The third kappa shape index (κ3) is 2.81. The first-order valence-electron chi connectivity index (χ1n) is 5.96. The van der Waals surface area contributed by atoms with Gasteiger partial charge < -0.3 is 10.1 Å². The molecule has 16 heavy (non-hydrogen) atoms. The summed E-state index contributed by atoms with van der Waals surface area (Å²) in [5.41, 5.74) is 3.07. The van der Waals surface area contributed by atoms with Crippen molar-refractivity contribution in [2.75, 3.05) is 7.11 Å². The van der Waals surface area contributed by atoms with Crippen LogP contribution in [-0.2, 0) is 11.3 Å². The predicted octanol–water partition coefficient (Wildman–Crippen LogP) is 2.50. The van der Waals surface area contributed by atoms with Crippen molar-refractivity contribution in [1.29, 1.82) is 0 Å². The van der Waals surface area contributed by atoms with Crippen LogP contribution in [0.15, 0.2) is 5.51 Å². The first kappa shape index (κ1) is 12.0. The molecule has 1 fully saturated rings. The Balaban J connectivity index is 1.86. The minimum Gasteiger partial charge on any atom is -0.380 e. The van der Waals surface area contributed by atoms with E-state index in [1.165, 1.54) is 30.6 Å². The van der Waals surface area contributed by atoms with Crippen LogP contribution in [0.1, 0.15) is 36.3 Å². The molecule has 2 rings (SSSR count). The number of rotatable bonds is 4. The van der Waals surface area contributed by atoms with Crippen LogP contribution in [0.5, 0.6) is 0 Å². The lowest BCUT2D eigenvalue weighted by atomic mass is 9.92. The molecule has 2 unspecified atom stereocenters. The van der Waals surface area contributed by atoms with Gasteiger partial charge in [0.05, 0.1) is 17.3 Å². The summed E-state index contributed by atoms with van der Waals surface area (Å²) in [4.78, 5) is 5.61. The van der Waals surface area contributed by atoms with Crippen molar-refractivity contribution in [3.8, 4) is 0 Å². The maximum atomic E-state index is 5.53. The molecule has 1 aromatic heterocycles. The maximum absolute atomic E-state index is 5.53. The van der Waals surface area contributed by atoms with Crippen LogP contribution in [0.25, 0.3) is 0 Å². The van der Waals surface area contributed by atoms with E-state index in [9.17, 15) is 0 Å². The fraction of sp³-hybridized carbons (Fsp3) is 0.750. The zero-order chi connectivity index (χ0) is 11.4. The Morgan fingerprint density at radius 1 is 1.50 bits per heavy atom. The number of thiazole rings is 1. The highest BCUT2D eigenvalue weighted by Crippen LogP contribution is 2.21. The maximum Gasteiger partial charge on any atom is 0.0798 e. The van der Waals surface area contributed by atoms with Gasteiger partial charge in [-0.1, -0.05) is 12.8 Å². The second-order valence-corrected chi connectivity index (χ2v) is 5.35. The van der Waals surface area contributed by atoms with E-state index < -0.39 is 0 Å². The van der Waals surface area contributed by atoms with Gasteiger partial charge in [0.1, 0.15) is 0 Å². The molecule has 0 amide bonds. The van der Waals surface area contributed by atoms with Crippen LogP contribution in [0.3, 0.4) is 0 Å². The van der Waals surface area contributed by atoms with Crippen molar-refractivity contribution >= 4 is 11.3 Å². The van der Waals surface area contributed by atoms with Gasteiger partial charge in [0.25, 0.3) is 0 Å². The summed E-state index contributed by atoms with van der Waals surface area (Å²) >= 11 is 1.73. The summed E-state index contributed by atoms with van der Waals surface area (Å²) < 4.78 is 5.53. The Bertz CT molecular complexity index is 327. The van der Waals surface area contributed by atoms with Gasteiger partial charge in [0, 0.05) is 24.6 Å². The molecule has 1 aromatic rings. The summed E-state index contributed by atoms with van der Waals surface area (Å²) in [6.07, 6.45) is 5.43. The minimum absolute atomic E-state index is 0.391. The molecule has 3 nitrogen and oxygen atoms in total. The van der Waals surface area contributed by atoms with Crippen LogP contribution in [0.2, 0.25) is 0 Å². The standard InChI is InChI=1S/C12H20N2OS/c1-9-12(16-8-14-9)7-13-10-5-3-4-6-11(10)15-2/h8,10-11,13H,3-7H2,1-2H3. The summed E-state index contributed by atoms with van der Waals surface area (Å²) in [7, 11) is 1.82. The molecule has 1 saturated carbocycles. The molecule has 0 radical (unpaired) electrons. The molecule has 4 heteroatoms. The Hall–Kier alpha value is -0.450. The Kier molecular flexibility index (Phi) is 4.32. The van der Waals surface area contributed by atoms with Crippen LogP contribution < -0.4 is 5.32 Å². The normalized spacial score (nSPS) is 25.9. The fourth-order valence-corrected chi connectivity index (χ4v) is 3.06.